The van der Waals surface area contributed by atoms with E-state index in [1.54, 1.807) is 30.3 Å². The normalized spacial score (nSPS) is 24.5. The summed E-state index contributed by atoms with van der Waals surface area (Å²) in [6.07, 6.45) is -9.47. The molecule has 3 heterocycles. The van der Waals surface area contributed by atoms with Crippen LogP contribution in [0.4, 0.5) is 26.3 Å². The fourth-order valence-corrected chi connectivity index (χ4v) is 5.44. The number of morpholine rings is 1. The Morgan fingerprint density at radius 3 is 2.29 bits per heavy atom. The van der Waals surface area contributed by atoms with Crippen LogP contribution in [0.25, 0.3) is 5.70 Å². The van der Waals surface area contributed by atoms with Crippen molar-refractivity contribution in [2.75, 3.05) is 39.5 Å². The number of fused-ring (bicyclic) bond motifs is 1. The van der Waals surface area contributed by atoms with Crippen LogP contribution >= 0.6 is 11.6 Å². The number of benzene rings is 2. The molecule has 3 aliphatic rings. The molecule has 2 N–H and O–H groups in total. The van der Waals surface area contributed by atoms with E-state index in [9.17, 15) is 31.5 Å². The van der Waals surface area contributed by atoms with Gasteiger partial charge in [0.15, 0.2) is 12.1 Å². The maximum atomic E-state index is 13.6. The zero-order valence-electron chi connectivity index (χ0n) is 21.6. The van der Waals surface area contributed by atoms with E-state index >= 15 is 0 Å². The minimum absolute atomic E-state index is 0.0819. The number of alkyl halides is 6. The average molecular weight is 605 g/mol. The zero-order chi connectivity index (χ0) is 29.4. The number of ether oxygens (including phenoxy) is 2. The average Bonchev–Trinajstić information content (AvgIpc) is 2.93. The van der Waals surface area contributed by atoms with Crippen molar-refractivity contribution in [2.45, 2.75) is 31.0 Å². The van der Waals surface area contributed by atoms with E-state index in [-0.39, 0.29) is 47.9 Å². The highest BCUT2D eigenvalue weighted by molar-refractivity contribution is 6.32. The standard InChI is InChI=1S/C27H27ClF6N4O3/c28-21-4-2-1-3-19(21)23-13-24(37-5-7-40-8-6-37)41-25-20(14-35-15-36-25)22(38(23)39)11-16-9-17(26(29,30)31)12-18(10-16)27(32,33)34/h1-4,9-10,12-13,20,22,24,35,39H,5-8,11,14-15H2. The van der Waals surface area contributed by atoms with Gasteiger partial charge >= 0.3 is 12.4 Å². The topological polar surface area (TPSA) is 69.6 Å². The Hall–Kier alpha value is -2.84. The summed E-state index contributed by atoms with van der Waals surface area (Å²) in [6, 6.07) is 7.02. The van der Waals surface area contributed by atoms with Crippen molar-refractivity contribution in [3.63, 3.8) is 0 Å². The summed E-state index contributed by atoms with van der Waals surface area (Å²) in [7, 11) is 0. The molecule has 3 atom stereocenters. The highest BCUT2D eigenvalue weighted by atomic mass is 35.5. The van der Waals surface area contributed by atoms with Crippen molar-refractivity contribution in [3.8, 4) is 0 Å². The van der Waals surface area contributed by atoms with Gasteiger partial charge in [-0.2, -0.15) is 26.3 Å². The van der Waals surface area contributed by atoms with E-state index in [1.807, 2.05) is 4.90 Å². The molecule has 41 heavy (non-hydrogen) atoms. The smallest absolute Gasteiger partial charge is 0.416 e. The van der Waals surface area contributed by atoms with Crippen LogP contribution in [-0.4, -0.2) is 72.9 Å². The third-order valence-electron chi connectivity index (χ3n) is 7.24. The monoisotopic (exact) mass is 604 g/mol. The van der Waals surface area contributed by atoms with Gasteiger partial charge in [-0.15, -0.1) is 0 Å². The van der Waals surface area contributed by atoms with Gasteiger partial charge in [0.05, 0.1) is 48.7 Å². The van der Waals surface area contributed by atoms with Gasteiger partial charge in [-0.25, -0.2) is 4.99 Å². The molecule has 1 fully saturated rings. The largest absolute Gasteiger partial charge is 0.458 e. The van der Waals surface area contributed by atoms with Crippen molar-refractivity contribution in [1.29, 1.82) is 0 Å². The van der Waals surface area contributed by atoms with Crippen molar-refractivity contribution in [3.05, 3.63) is 75.8 Å². The lowest BCUT2D eigenvalue weighted by atomic mass is 9.89. The SMILES string of the molecule is ON1C(c2ccccc2Cl)=CC(N2CCOCC2)OC2=NCNCC2C1Cc1cc(C(F)(F)F)cc(C(F)(F)F)c1. The van der Waals surface area contributed by atoms with Crippen LogP contribution in [-0.2, 0) is 28.2 Å². The van der Waals surface area contributed by atoms with Crippen LogP contribution in [0.2, 0.25) is 5.02 Å². The third-order valence-corrected chi connectivity index (χ3v) is 7.57. The van der Waals surface area contributed by atoms with Crippen molar-refractivity contribution in [1.82, 2.24) is 15.3 Å². The predicted octanol–water partition coefficient (Wildman–Crippen LogP) is 5.28. The Bertz CT molecular complexity index is 1280. The second kappa shape index (κ2) is 11.8. The second-order valence-electron chi connectivity index (χ2n) is 9.93. The molecule has 0 saturated carbocycles. The Labute approximate surface area is 236 Å². The minimum atomic E-state index is -5.01. The van der Waals surface area contributed by atoms with E-state index < -0.39 is 41.7 Å². The molecule has 14 heteroatoms. The molecule has 0 radical (unpaired) electrons. The molecular formula is C27H27ClF6N4O3. The van der Waals surface area contributed by atoms with E-state index in [0.717, 1.165) is 5.06 Å². The predicted molar refractivity (Wildman–Crippen MR) is 138 cm³/mol. The van der Waals surface area contributed by atoms with Gasteiger partial charge in [-0.3, -0.25) is 20.5 Å². The fourth-order valence-electron chi connectivity index (χ4n) is 5.20. The molecule has 7 nitrogen and oxygen atoms in total. The van der Waals surface area contributed by atoms with Crippen LogP contribution in [0.3, 0.4) is 0 Å². The van der Waals surface area contributed by atoms with Gasteiger partial charge in [0.1, 0.15) is 0 Å². The molecule has 3 unspecified atom stereocenters. The van der Waals surface area contributed by atoms with E-state index in [4.69, 9.17) is 21.1 Å². The highest BCUT2D eigenvalue weighted by Crippen LogP contribution is 2.38. The van der Waals surface area contributed by atoms with Gasteiger partial charge in [0, 0.05) is 30.2 Å². The maximum Gasteiger partial charge on any atom is 0.416 e. The first-order valence-electron chi connectivity index (χ1n) is 12.9. The Balaban J connectivity index is 1.62. The van der Waals surface area contributed by atoms with Crippen LogP contribution in [0.15, 0.2) is 53.5 Å². The number of hydroxylamine groups is 2. The number of nitrogens with one attached hydrogen (secondary N) is 1. The van der Waals surface area contributed by atoms with Gasteiger partial charge in [-0.1, -0.05) is 29.8 Å². The summed E-state index contributed by atoms with van der Waals surface area (Å²) in [6.45, 7) is 2.35. The van der Waals surface area contributed by atoms with E-state index in [2.05, 4.69) is 10.3 Å². The molecule has 0 aromatic heterocycles. The summed E-state index contributed by atoms with van der Waals surface area (Å²) in [5.41, 5.74) is -2.51. The van der Waals surface area contributed by atoms with Crippen molar-refractivity contribution in [2.24, 2.45) is 10.9 Å². The number of aliphatic imine (C=N–C) groups is 1. The van der Waals surface area contributed by atoms with Crippen molar-refractivity contribution < 1.29 is 41.0 Å². The maximum absolute atomic E-state index is 13.6. The summed E-state index contributed by atoms with van der Waals surface area (Å²) < 4.78 is 93.5. The summed E-state index contributed by atoms with van der Waals surface area (Å²) in [5.74, 6) is -0.492. The number of hydrogen-bond donors (Lipinski definition) is 2. The first-order valence-corrected chi connectivity index (χ1v) is 13.3. The summed E-state index contributed by atoms with van der Waals surface area (Å²) in [5, 5.41) is 16.0. The second-order valence-corrected chi connectivity index (χ2v) is 10.3. The van der Waals surface area contributed by atoms with Gasteiger partial charge in [0.2, 0.25) is 0 Å². The molecule has 2 aromatic carbocycles. The Morgan fingerprint density at radius 1 is 1.00 bits per heavy atom. The van der Waals surface area contributed by atoms with Crippen LogP contribution in [0.1, 0.15) is 22.3 Å². The van der Waals surface area contributed by atoms with Gasteiger partial charge in [-0.05, 0) is 42.3 Å². The number of hydrogen-bond acceptors (Lipinski definition) is 7. The molecule has 222 valence electrons. The zero-order valence-corrected chi connectivity index (χ0v) is 22.3. The highest BCUT2D eigenvalue weighted by Gasteiger charge is 2.41. The molecule has 0 bridgehead atoms. The fraction of sp³-hybridized carbons (Fsp3) is 0.444. The lowest BCUT2D eigenvalue weighted by molar-refractivity contribution is -0.143. The Kier molecular flexibility index (Phi) is 8.53. The number of halogens is 7. The van der Waals surface area contributed by atoms with Crippen LogP contribution < -0.4 is 5.32 Å². The lowest BCUT2D eigenvalue weighted by Crippen LogP contribution is -2.54. The molecular weight excluding hydrogens is 578 g/mol. The first-order chi connectivity index (χ1) is 19.4. The molecule has 5 rings (SSSR count). The van der Waals surface area contributed by atoms with Gasteiger partial charge < -0.3 is 9.47 Å². The molecule has 0 spiro atoms. The summed E-state index contributed by atoms with van der Waals surface area (Å²) in [4.78, 5) is 6.41. The van der Waals surface area contributed by atoms with E-state index in [1.165, 1.54) is 0 Å². The number of nitrogens with zero attached hydrogens (tertiary/aromatic N) is 3. The number of rotatable bonds is 4. The quantitative estimate of drug-likeness (QED) is 0.463. The van der Waals surface area contributed by atoms with Gasteiger partial charge in [0.25, 0.3) is 0 Å². The van der Waals surface area contributed by atoms with Crippen LogP contribution in [0, 0.1) is 5.92 Å². The minimum Gasteiger partial charge on any atom is -0.458 e. The molecule has 0 amide bonds. The lowest BCUT2D eigenvalue weighted by Gasteiger charge is -2.42. The third kappa shape index (κ3) is 6.64. The van der Waals surface area contributed by atoms with E-state index in [0.29, 0.717) is 44.0 Å². The summed E-state index contributed by atoms with van der Waals surface area (Å²) >= 11 is 6.50. The van der Waals surface area contributed by atoms with Crippen LogP contribution in [0.5, 0.6) is 0 Å². The molecule has 1 saturated heterocycles. The Morgan fingerprint density at radius 2 is 1.66 bits per heavy atom. The first kappa shape index (κ1) is 29.6. The molecule has 3 aliphatic heterocycles. The van der Waals surface area contributed by atoms with Crippen molar-refractivity contribution >= 4 is 23.2 Å². The molecule has 0 aliphatic carbocycles. The molecule has 2 aromatic rings.